The fraction of sp³-hybridized carbons (Fsp3) is 0.625. The molecule has 0 aliphatic carbocycles. The molecule has 0 saturated carbocycles. The Morgan fingerprint density at radius 2 is 2.18 bits per heavy atom. The van der Waals surface area contributed by atoms with E-state index in [2.05, 4.69) is 16.6 Å². The zero-order valence-electron chi connectivity index (χ0n) is 13.8. The summed E-state index contributed by atoms with van der Waals surface area (Å²) < 4.78 is 7.27. The van der Waals surface area contributed by atoms with Crippen LogP contribution in [0.15, 0.2) is 18.7 Å². The highest BCUT2D eigenvalue weighted by Crippen LogP contribution is 2.16. The van der Waals surface area contributed by atoms with Crippen molar-refractivity contribution < 1.29 is 9.53 Å². The van der Waals surface area contributed by atoms with Crippen LogP contribution in [0.4, 0.5) is 0 Å². The maximum atomic E-state index is 12.6. The smallest absolute Gasteiger partial charge is 0.274 e. The van der Waals surface area contributed by atoms with Crippen LogP contribution >= 0.6 is 0 Å². The third kappa shape index (κ3) is 4.10. The van der Waals surface area contributed by atoms with E-state index in [1.165, 1.54) is 0 Å². The first kappa shape index (κ1) is 16.5. The summed E-state index contributed by atoms with van der Waals surface area (Å²) in [6, 6.07) is 1.73. The van der Waals surface area contributed by atoms with Crippen LogP contribution < -0.4 is 4.74 Å². The Kier molecular flexibility index (Phi) is 5.60. The van der Waals surface area contributed by atoms with Crippen LogP contribution in [0.25, 0.3) is 0 Å². The van der Waals surface area contributed by atoms with E-state index in [0.29, 0.717) is 11.6 Å². The SMILES string of the molecule is C=CCN1CCCN(C(=O)c2cc(OC(C)C)n(C)n2)CC1. The largest absolute Gasteiger partial charge is 0.475 e. The molecule has 1 aromatic heterocycles. The van der Waals surface area contributed by atoms with E-state index in [0.717, 1.165) is 39.1 Å². The third-order valence-corrected chi connectivity index (χ3v) is 3.68. The first-order valence-electron chi connectivity index (χ1n) is 7.84. The summed E-state index contributed by atoms with van der Waals surface area (Å²) in [4.78, 5) is 16.8. The Morgan fingerprint density at radius 3 is 2.86 bits per heavy atom. The summed E-state index contributed by atoms with van der Waals surface area (Å²) >= 11 is 0. The molecule has 0 aromatic carbocycles. The highest BCUT2D eigenvalue weighted by molar-refractivity contribution is 5.92. The molecule has 1 aromatic rings. The van der Waals surface area contributed by atoms with Crippen molar-refractivity contribution in [2.45, 2.75) is 26.4 Å². The predicted octanol–water partition coefficient (Wildman–Crippen LogP) is 1.54. The van der Waals surface area contributed by atoms with E-state index in [-0.39, 0.29) is 12.0 Å². The number of carbonyl (C=O) groups is 1. The molecule has 0 radical (unpaired) electrons. The van der Waals surface area contributed by atoms with Crippen molar-refractivity contribution in [1.29, 1.82) is 0 Å². The van der Waals surface area contributed by atoms with E-state index in [4.69, 9.17) is 4.74 Å². The van der Waals surface area contributed by atoms with Crippen molar-refractivity contribution in [2.24, 2.45) is 7.05 Å². The minimum absolute atomic E-state index is 0.0188. The molecule has 0 spiro atoms. The fourth-order valence-electron chi connectivity index (χ4n) is 2.61. The molecule has 122 valence electrons. The molecule has 0 atom stereocenters. The van der Waals surface area contributed by atoms with E-state index in [1.807, 2.05) is 24.8 Å². The Morgan fingerprint density at radius 1 is 1.41 bits per heavy atom. The van der Waals surface area contributed by atoms with Crippen molar-refractivity contribution >= 4 is 5.91 Å². The molecule has 1 saturated heterocycles. The molecule has 1 aliphatic heterocycles. The van der Waals surface area contributed by atoms with Gasteiger partial charge in [-0.25, -0.2) is 4.68 Å². The first-order valence-corrected chi connectivity index (χ1v) is 7.84. The van der Waals surface area contributed by atoms with Gasteiger partial charge in [-0.1, -0.05) is 6.08 Å². The van der Waals surface area contributed by atoms with Crippen molar-refractivity contribution in [2.75, 3.05) is 32.7 Å². The second-order valence-corrected chi connectivity index (χ2v) is 5.89. The maximum Gasteiger partial charge on any atom is 0.274 e. The Bertz CT molecular complexity index is 524. The van der Waals surface area contributed by atoms with Gasteiger partial charge in [0.2, 0.25) is 5.88 Å². The van der Waals surface area contributed by atoms with Gasteiger partial charge in [0.1, 0.15) is 0 Å². The zero-order chi connectivity index (χ0) is 16.1. The van der Waals surface area contributed by atoms with Gasteiger partial charge >= 0.3 is 0 Å². The lowest BCUT2D eigenvalue weighted by atomic mass is 10.3. The van der Waals surface area contributed by atoms with Crippen LogP contribution in [0.2, 0.25) is 0 Å². The van der Waals surface area contributed by atoms with Crippen LogP contribution in [-0.4, -0.2) is 64.3 Å². The lowest BCUT2D eigenvalue weighted by Crippen LogP contribution is -2.35. The van der Waals surface area contributed by atoms with Gasteiger partial charge in [0.15, 0.2) is 5.69 Å². The Labute approximate surface area is 132 Å². The normalized spacial score (nSPS) is 16.6. The number of aryl methyl sites for hydroxylation is 1. The Hall–Kier alpha value is -1.82. The van der Waals surface area contributed by atoms with Gasteiger partial charge in [0.25, 0.3) is 5.91 Å². The van der Waals surface area contributed by atoms with Crippen LogP contribution in [0.5, 0.6) is 5.88 Å². The molecule has 0 N–H and O–H groups in total. The average molecular weight is 306 g/mol. The molecular weight excluding hydrogens is 280 g/mol. The minimum atomic E-state index is -0.0188. The number of hydrogen-bond donors (Lipinski definition) is 0. The highest BCUT2D eigenvalue weighted by atomic mass is 16.5. The summed E-state index contributed by atoms with van der Waals surface area (Å²) in [6.45, 7) is 11.9. The van der Waals surface area contributed by atoms with Crippen molar-refractivity contribution in [3.63, 3.8) is 0 Å². The average Bonchev–Trinajstić information content (AvgIpc) is 2.69. The van der Waals surface area contributed by atoms with E-state index >= 15 is 0 Å². The number of amides is 1. The summed E-state index contributed by atoms with van der Waals surface area (Å²) in [6.07, 6.45) is 2.94. The van der Waals surface area contributed by atoms with Crippen LogP contribution in [-0.2, 0) is 7.05 Å². The second-order valence-electron chi connectivity index (χ2n) is 5.89. The number of rotatable bonds is 5. The van der Waals surface area contributed by atoms with E-state index in [1.54, 1.807) is 17.8 Å². The van der Waals surface area contributed by atoms with E-state index < -0.39 is 0 Å². The molecule has 2 heterocycles. The molecule has 6 heteroatoms. The third-order valence-electron chi connectivity index (χ3n) is 3.68. The zero-order valence-corrected chi connectivity index (χ0v) is 13.8. The Balaban J connectivity index is 2.03. The quantitative estimate of drug-likeness (QED) is 0.774. The molecule has 0 unspecified atom stereocenters. The monoisotopic (exact) mass is 306 g/mol. The molecule has 1 amide bonds. The van der Waals surface area contributed by atoms with Crippen LogP contribution in [0.1, 0.15) is 30.8 Å². The molecule has 6 nitrogen and oxygen atoms in total. The molecule has 1 aliphatic rings. The first-order chi connectivity index (χ1) is 10.5. The molecular formula is C16H26N4O2. The van der Waals surface area contributed by atoms with Crippen molar-refractivity contribution in [3.8, 4) is 5.88 Å². The maximum absolute atomic E-state index is 12.6. The standard InChI is InChI=1S/C16H26N4O2/c1-5-7-19-8-6-9-20(11-10-19)16(21)14-12-15(18(4)17-14)22-13(2)3/h5,12-13H,1,6-11H2,2-4H3. The predicted molar refractivity (Wildman–Crippen MR) is 86.1 cm³/mol. The number of ether oxygens (including phenoxy) is 1. The molecule has 1 fully saturated rings. The number of nitrogens with zero attached hydrogens (tertiary/aromatic N) is 4. The minimum Gasteiger partial charge on any atom is -0.475 e. The highest BCUT2D eigenvalue weighted by Gasteiger charge is 2.23. The van der Waals surface area contributed by atoms with Gasteiger partial charge in [-0.15, -0.1) is 6.58 Å². The fourth-order valence-corrected chi connectivity index (χ4v) is 2.61. The number of hydrogen-bond acceptors (Lipinski definition) is 4. The second kappa shape index (κ2) is 7.45. The van der Waals surface area contributed by atoms with Gasteiger partial charge < -0.3 is 9.64 Å². The summed E-state index contributed by atoms with van der Waals surface area (Å²) in [5.41, 5.74) is 0.454. The van der Waals surface area contributed by atoms with E-state index in [9.17, 15) is 4.79 Å². The molecule has 22 heavy (non-hydrogen) atoms. The van der Waals surface area contributed by atoms with Gasteiger partial charge in [0, 0.05) is 45.8 Å². The lowest BCUT2D eigenvalue weighted by Gasteiger charge is -2.20. The molecule has 2 rings (SSSR count). The van der Waals surface area contributed by atoms with Crippen molar-refractivity contribution in [1.82, 2.24) is 19.6 Å². The van der Waals surface area contributed by atoms with Crippen LogP contribution in [0.3, 0.4) is 0 Å². The van der Waals surface area contributed by atoms with Gasteiger partial charge in [0.05, 0.1) is 6.10 Å². The van der Waals surface area contributed by atoms with Crippen LogP contribution in [0, 0.1) is 0 Å². The number of carbonyl (C=O) groups excluding carboxylic acids is 1. The number of aromatic nitrogens is 2. The topological polar surface area (TPSA) is 50.6 Å². The van der Waals surface area contributed by atoms with Gasteiger partial charge in [-0.05, 0) is 20.3 Å². The van der Waals surface area contributed by atoms with Gasteiger partial charge in [-0.2, -0.15) is 5.10 Å². The summed E-state index contributed by atoms with van der Waals surface area (Å²) in [7, 11) is 1.79. The lowest BCUT2D eigenvalue weighted by molar-refractivity contribution is 0.0755. The van der Waals surface area contributed by atoms with Crippen molar-refractivity contribution in [3.05, 3.63) is 24.4 Å². The summed E-state index contributed by atoms with van der Waals surface area (Å²) in [5.74, 6) is 0.608. The summed E-state index contributed by atoms with van der Waals surface area (Å²) in [5, 5.41) is 4.30. The van der Waals surface area contributed by atoms with Gasteiger partial charge in [-0.3, -0.25) is 9.69 Å². The molecule has 0 bridgehead atoms.